The predicted molar refractivity (Wildman–Crippen MR) is 176 cm³/mol. The Hall–Kier alpha value is -4.50. The molecule has 0 radical (unpaired) electrons. The maximum absolute atomic E-state index is 14.7. The van der Waals surface area contributed by atoms with Gasteiger partial charge in [0, 0.05) is 28.9 Å². The normalized spacial score (nSPS) is 21.5. The van der Waals surface area contributed by atoms with E-state index in [1.165, 1.54) is 23.5 Å². The largest absolute Gasteiger partial charge is 0.497 e. The first-order valence-electron chi connectivity index (χ1n) is 15.8. The Labute approximate surface area is 272 Å². The highest BCUT2D eigenvalue weighted by Gasteiger charge is 2.58. The number of nitrogens with one attached hydrogen (secondary N) is 2. The Morgan fingerprint density at radius 3 is 2.26 bits per heavy atom. The minimum absolute atomic E-state index is 0.000299. The zero-order valence-corrected chi connectivity index (χ0v) is 26.5. The van der Waals surface area contributed by atoms with E-state index in [2.05, 4.69) is 10.6 Å². The molecule has 0 bridgehead atoms. The highest BCUT2D eigenvalue weighted by Crippen LogP contribution is 2.52. The molecular formula is C37H38FN3O4S. The maximum atomic E-state index is 14.7. The second-order valence-electron chi connectivity index (χ2n) is 12.0. The van der Waals surface area contributed by atoms with Crippen LogP contribution in [0.2, 0.25) is 0 Å². The number of carbonyl (C=O) groups excluding carboxylic acids is 3. The van der Waals surface area contributed by atoms with E-state index in [4.69, 9.17) is 4.74 Å². The van der Waals surface area contributed by atoms with Gasteiger partial charge in [-0.3, -0.25) is 9.59 Å². The van der Waals surface area contributed by atoms with Gasteiger partial charge in [-0.15, -0.1) is 11.3 Å². The Balaban J connectivity index is 1.46. The summed E-state index contributed by atoms with van der Waals surface area (Å²) in [6.07, 6.45) is 4.96. The fourth-order valence-electron chi connectivity index (χ4n) is 6.94. The fraction of sp³-hybridized carbons (Fsp3) is 0.324. The van der Waals surface area contributed by atoms with Gasteiger partial charge in [0.1, 0.15) is 17.6 Å². The third-order valence-corrected chi connectivity index (χ3v) is 10.1. The molecule has 9 heteroatoms. The van der Waals surface area contributed by atoms with Gasteiger partial charge < -0.3 is 20.3 Å². The van der Waals surface area contributed by atoms with E-state index in [1.54, 1.807) is 48.4 Å². The van der Waals surface area contributed by atoms with Gasteiger partial charge in [0.15, 0.2) is 5.78 Å². The zero-order valence-electron chi connectivity index (χ0n) is 25.7. The number of thiophene rings is 1. The molecule has 7 nitrogen and oxygen atoms in total. The first-order valence-corrected chi connectivity index (χ1v) is 16.7. The van der Waals surface area contributed by atoms with Crippen LogP contribution in [-0.2, 0) is 11.3 Å². The average Bonchev–Trinajstić information content (AvgIpc) is 3.75. The summed E-state index contributed by atoms with van der Waals surface area (Å²) in [5, 5.41) is 8.20. The minimum atomic E-state index is -0.995. The van der Waals surface area contributed by atoms with Crippen LogP contribution >= 0.6 is 11.3 Å². The second-order valence-corrected chi connectivity index (χ2v) is 13.0. The number of ether oxygens (including phenoxy) is 1. The predicted octanol–water partition coefficient (Wildman–Crippen LogP) is 7.26. The molecule has 6 rings (SSSR count). The van der Waals surface area contributed by atoms with Gasteiger partial charge in [-0.05, 0) is 71.8 Å². The number of amides is 3. The number of urea groups is 1. The topological polar surface area (TPSA) is 87.7 Å². The first-order chi connectivity index (χ1) is 22.4. The minimum Gasteiger partial charge on any atom is -0.497 e. The molecule has 3 amide bonds. The molecular weight excluding hydrogens is 601 g/mol. The van der Waals surface area contributed by atoms with Crippen molar-refractivity contribution < 1.29 is 23.5 Å². The zero-order chi connectivity index (χ0) is 32.0. The third kappa shape index (κ3) is 6.70. The van der Waals surface area contributed by atoms with Crippen LogP contribution in [0.1, 0.15) is 70.4 Å². The van der Waals surface area contributed by atoms with Crippen molar-refractivity contribution >= 4 is 29.1 Å². The Morgan fingerprint density at radius 2 is 1.61 bits per heavy atom. The average molecular weight is 640 g/mol. The fourth-order valence-corrected chi connectivity index (χ4v) is 7.81. The van der Waals surface area contributed by atoms with Crippen molar-refractivity contribution in [2.45, 2.75) is 62.7 Å². The van der Waals surface area contributed by atoms with E-state index in [0.717, 1.165) is 48.1 Å². The van der Waals surface area contributed by atoms with E-state index in [1.807, 2.05) is 47.8 Å². The third-order valence-electron chi connectivity index (χ3n) is 9.18. The summed E-state index contributed by atoms with van der Waals surface area (Å²) < 4.78 is 18.9. The second kappa shape index (κ2) is 14.3. The molecule has 0 spiro atoms. The molecule has 4 atom stereocenters. The first kappa shape index (κ1) is 31.5. The van der Waals surface area contributed by atoms with E-state index >= 15 is 0 Å². The van der Waals surface area contributed by atoms with Crippen molar-refractivity contribution in [1.82, 2.24) is 15.5 Å². The SMILES string of the molecule is COc1ccc(C(=O)C2C(c3ccccc3)C(C(=O)NCc3ccc(F)cc3)N(C(=O)NC3CCCCC3)C2c2cccs2)cc1. The molecule has 1 aliphatic heterocycles. The monoisotopic (exact) mass is 639 g/mol. The number of hydrogen-bond donors (Lipinski definition) is 2. The van der Waals surface area contributed by atoms with Gasteiger partial charge in [0.2, 0.25) is 5.91 Å². The molecule has 238 valence electrons. The quantitative estimate of drug-likeness (QED) is 0.189. The summed E-state index contributed by atoms with van der Waals surface area (Å²) in [7, 11) is 1.57. The standard InChI is InChI=1S/C37H38FN3O4S/c1-45-29-20-16-26(17-21-29)35(42)32-31(25-9-4-2-5-10-25)34(36(43)39-23-24-14-18-27(38)19-15-24)41(33(32)30-13-8-22-46-30)37(44)40-28-11-6-3-7-12-28/h2,4-5,8-10,13-22,28,31-34H,3,6-7,11-12,23H2,1H3,(H,39,43)(H,40,44). The lowest BCUT2D eigenvalue weighted by Crippen LogP contribution is -2.53. The molecule has 46 heavy (non-hydrogen) atoms. The van der Waals surface area contributed by atoms with E-state index in [0.29, 0.717) is 11.3 Å². The van der Waals surface area contributed by atoms with Gasteiger partial charge in [-0.2, -0.15) is 0 Å². The number of rotatable bonds is 9. The summed E-state index contributed by atoms with van der Waals surface area (Å²) in [6.45, 7) is 0.149. The van der Waals surface area contributed by atoms with Crippen molar-refractivity contribution in [3.8, 4) is 5.75 Å². The van der Waals surface area contributed by atoms with E-state index in [-0.39, 0.29) is 36.1 Å². The van der Waals surface area contributed by atoms with Gasteiger partial charge >= 0.3 is 6.03 Å². The lowest BCUT2D eigenvalue weighted by Gasteiger charge is -2.33. The van der Waals surface area contributed by atoms with Crippen LogP contribution in [-0.4, -0.2) is 41.8 Å². The molecule has 1 saturated heterocycles. The molecule has 4 aromatic rings. The number of benzene rings is 3. The number of nitrogens with zero attached hydrogens (tertiary/aromatic N) is 1. The molecule has 2 fully saturated rings. The smallest absolute Gasteiger partial charge is 0.318 e. The summed E-state index contributed by atoms with van der Waals surface area (Å²) in [5.41, 5.74) is 2.00. The lowest BCUT2D eigenvalue weighted by molar-refractivity contribution is -0.125. The van der Waals surface area contributed by atoms with Crippen LogP contribution in [0.25, 0.3) is 0 Å². The van der Waals surface area contributed by atoms with Gasteiger partial charge in [0.05, 0.1) is 19.1 Å². The van der Waals surface area contributed by atoms with Crippen LogP contribution in [0.3, 0.4) is 0 Å². The number of hydrogen-bond acceptors (Lipinski definition) is 5. The van der Waals surface area contributed by atoms with Crippen LogP contribution in [0.4, 0.5) is 9.18 Å². The highest BCUT2D eigenvalue weighted by molar-refractivity contribution is 7.10. The van der Waals surface area contributed by atoms with Gasteiger partial charge in [0.25, 0.3) is 0 Å². The summed E-state index contributed by atoms with van der Waals surface area (Å²) in [5.74, 6) is -1.66. The van der Waals surface area contributed by atoms with Crippen LogP contribution in [0, 0.1) is 11.7 Å². The number of methoxy groups -OCH3 is 1. The number of likely N-dealkylation sites (tertiary alicyclic amines) is 1. The molecule has 2 heterocycles. The number of ketones is 1. The summed E-state index contributed by atoms with van der Waals surface area (Å²) in [6, 6.07) is 24.3. The van der Waals surface area contributed by atoms with Crippen LogP contribution in [0.15, 0.2) is 96.4 Å². The summed E-state index contributed by atoms with van der Waals surface area (Å²) in [4.78, 5) is 46.1. The number of halogens is 1. The van der Waals surface area contributed by atoms with Crippen LogP contribution in [0.5, 0.6) is 5.75 Å². The van der Waals surface area contributed by atoms with Gasteiger partial charge in [-0.25, -0.2) is 9.18 Å². The highest BCUT2D eigenvalue weighted by atomic mass is 32.1. The molecule has 1 aromatic heterocycles. The molecule has 4 unspecified atom stereocenters. The Kier molecular flexibility index (Phi) is 9.78. The lowest BCUT2D eigenvalue weighted by atomic mass is 9.77. The maximum Gasteiger partial charge on any atom is 0.318 e. The van der Waals surface area contributed by atoms with Crippen molar-refractivity contribution in [1.29, 1.82) is 0 Å². The van der Waals surface area contributed by atoms with Crippen molar-refractivity contribution in [3.05, 3.63) is 124 Å². The van der Waals surface area contributed by atoms with Crippen molar-refractivity contribution in [2.24, 2.45) is 5.92 Å². The van der Waals surface area contributed by atoms with Gasteiger partial charge in [-0.1, -0.05) is 67.8 Å². The molecule has 1 saturated carbocycles. The molecule has 3 aromatic carbocycles. The van der Waals surface area contributed by atoms with E-state index < -0.39 is 23.9 Å². The number of Topliss-reactive ketones (excluding diaryl/α,β-unsaturated/α-hetero) is 1. The molecule has 1 aliphatic carbocycles. The van der Waals surface area contributed by atoms with Crippen LogP contribution < -0.4 is 15.4 Å². The number of carbonyl (C=O) groups is 3. The van der Waals surface area contributed by atoms with Crippen molar-refractivity contribution in [2.75, 3.05) is 7.11 Å². The summed E-state index contributed by atoms with van der Waals surface area (Å²) >= 11 is 1.47. The molecule has 2 N–H and O–H groups in total. The Bertz CT molecular complexity index is 1620. The van der Waals surface area contributed by atoms with Crippen molar-refractivity contribution in [3.63, 3.8) is 0 Å². The molecule has 2 aliphatic rings. The van der Waals surface area contributed by atoms with E-state index in [9.17, 15) is 18.8 Å². The Morgan fingerprint density at radius 1 is 0.891 bits per heavy atom.